The van der Waals surface area contributed by atoms with Gasteiger partial charge in [0.2, 0.25) is 0 Å². The summed E-state index contributed by atoms with van der Waals surface area (Å²) in [5, 5.41) is 0. The van der Waals surface area contributed by atoms with Crippen LogP contribution in [0.15, 0.2) is 60.8 Å². The van der Waals surface area contributed by atoms with Gasteiger partial charge in [0.15, 0.2) is 6.10 Å². The average Bonchev–Trinajstić information content (AvgIpc) is 3.35. The second-order valence-electron chi connectivity index (χ2n) is 19.9. The fraction of sp³-hybridized carbons (Fsp3) is 0.794. The number of carbonyl (C=O) groups is 3. The number of unbranched alkanes of at least 4 members (excludes halogenated alkanes) is 33. The Labute approximate surface area is 428 Å². The maximum atomic E-state index is 12.9. The number of hydrogen-bond acceptors (Lipinski definition) is 6. The van der Waals surface area contributed by atoms with Crippen molar-refractivity contribution in [2.45, 2.75) is 309 Å². The Morgan fingerprint density at radius 2 is 0.565 bits per heavy atom. The molecule has 69 heavy (non-hydrogen) atoms. The Hall–Kier alpha value is -2.89. The van der Waals surface area contributed by atoms with Gasteiger partial charge in [-0.05, 0) is 83.5 Å². The summed E-state index contributed by atoms with van der Waals surface area (Å²) in [4.78, 5) is 38.2. The van der Waals surface area contributed by atoms with Gasteiger partial charge in [-0.25, -0.2) is 0 Å². The maximum Gasteiger partial charge on any atom is 0.306 e. The number of allylic oxidation sites excluding steroid dienone is 10. The van der Waals surface area contributed by atoms with Gasteiger partial charge in [0, 0.05) is 19.3 Å². The van der Waals surface area contributed by atoms with E-state index in [0.29, 0.717) is 19.3 Å². The Morgan fingerprint density at radius 3 is 0.928 bits per heavy atom. The Bertz CT molecular complexity index is 1250. The molecule has 0 radical (unpaired) electrons. The Balaban J connectivity index is 4.33. The molecule has 0 N–H and O–H groups in total. The zero-order valence-electron chi connectivity index (χ0n) is 45.8. The number of esters is 3. The van der Waals surface area contributed by atoms with E-state index in [-0.39, 0.29) is 31.1 Å². The molecule has 0 saturated heterocycles. The van der Waals surface area contributed by atoms with Crippen LogP contribution in [0.2, 0.25) is 0 Å². The van der Waals surface area contributed by atoms with Gasteiger partial charge >= 0.3 is 17.9 Å². The molecule has 0 aromatic heterocycles. The minimum Gasteiger partial charge on any atom is -0.462 e. The molecule has 0 saturated carbocycles. The zero-order valence-corrected chi connectivity index (χ0v) is 45.8. The van der Waals surface area contributed by atoms with Crippen molar-refractivity contribution in [1.29, 1.82) is 0 Å². The van der Waals surface area contributed by atoms with E-state index < -0.39 is 6.10 Å². The Morgan fingerprint density at radius 1 is 0.304 bits per heavy atom. The minimum atomic E-state index is -0.789. The van der Waals surface area contributed by atoms with Gasteiger partial charge in [-0.1, -0.05) is 261 Å². The highest BCUT2D eigenvalue weighted by Gasteiger charge is 2.19. The first-order valence-electron chi connectivity index (χ1n) is 29.8. The molecule has 0 aliphatic rings. The molecule has 0 spiro atoms. The van der Waals surface area contributed by atoms with Crippen LogP contribution in [0.4, 0.5) is 0 Å². The summed E-state index contributed by atoms with van der Waals surface area (Å²) in [5.74, 6) is -0.910. The lowest BCUT2D eigenvalue weighted by Gasteiger charge is -2.18. The largest absolute Gasteiger partial charge is 0.462 e. The summed E-state index contributed by atoms with van der Waals surface area (Å²) in [6, 6.07) is 0. The van der Waals surface area contributed by atoms with Crippen LogP contribution in [0.3, 0.4) is 0 Å². The van der Waals surface area contributed by atoms with Crippen molar-refractivity contribution in [3.05, 3.63) is 60.8 Å². The van der Waals surface area contributed by atoms with Gasteiger partial charge in [0.05, 0.1) is 0 Å². The third kappa shape index (κ3) is 55.9. The first-order valence-corrected chi connectivity index (χ1v) is 29.8. The second kappa shape index (κ2) is 57.7. The lowest BCUT2D eigenvalue weighted by atomic mass is 10.0. The molecule has 0 aromatic carbocycles. The fourth-order valence-corrected chi connectivity index (χ4v) is 8.55. The smallest absolute Gasteiger partial charge is 0.306 e. The third-order valence-corrected chi connectivity index (χ3v) is 13.0. The monoisotopic (exact) mass is 965 g/mol. The van der Waals surface area contributed by atoms with Gasteiger partial charge in [-0.15, -0.1) is 0 Å². The number of carbonyl (C=O) groups excluding carboxylic acids is 3. The highest BCUT2D eigenvalue weighted by atomic mass is 16.6. The molecule has 0 aliphatic heterocycles. The number of ether oxygens (including phenoxy) is 3. The zero-order chi connectivity index (χ0) is 50.0. The first kappa shape index (κ1) is 66.1. The van der Waals surface area contributed by atoms with E-state index in [9.17, 15) is 14.4 Å². The van der Waals surface area contributed by atoms with Crippen molar-refractivity contribution in [3.8, 4) is 0 Å². The molecular weight excluding hydrogens is 853 g/mol. The molecule has 0 aliphatic carbocycles. The molecular formula is C63H112O6. The van der Waals surface area contributed by atoms with Crippen molar-refractivity contribution in [2.75, 3.05) is 13.2 Å². The summed E-state index contributed by atoms with van der Waals surface area (Å²) in [5.41, 5.74) is 0. The summed E-state index contributed by atoms with van der Waals surface area (Å²) in [6.07, 6.45) is 72.2. The third-order valence-electron chi connectivity index (χ3n) is 13.0. The van der Waals surface area contributed by atoms with Crippen LogP contribution >= 0.6 is 0 Å². The van der Waals surface area contributed by atoms with Crippen LogP contribution in [0.25, 0.3) is 0 Å². The normalized spacial score (nSPS) is 12.4. The Kier molecular flexibility index (Phi) is 55.3. The summed E-state index contributed by atoms with van der Waals surface area (Å²) >= 11 is 0. The molecule has 400 valence electrons. The molecule has 0 fully saturated rings. The van der Waals surface area contributed by atoms with Crippen LogP contribution in [0.1, 0.15) is 303 Å². The van der Waals surface area contributed by atoms with Crippen molar-refractivity contribution in [1.82, 2.24) is 0 Å². The van der Waals surface area contributed by atoms with Gasteiger partial charge in [0.1, 0.15) is 13.2 Å². The summed E-state index contributed by atoms with van der Waals surface area (Å²) in [7, 11) is 0. The highest BCUT2D eigenvalue weighted by molar-refractivity contribution is 5.71. The predicted molar refractivity (Wildman–Crippen MR) is 298 cm³/mol. The van der Waals surface area contributed by atoms with E-state index in [0.717, 1.165) is 96.3 Å². The number of rotatable bonds is 54. The van der Waals surface area contributed by atoms with Crippen LogP contribution < -0.4 is 0 Å². The van der Waals surface area contributed by atoms with Gasteiger partial charge in [-0.2, -0.15) is 0 Å². The molecule has 0 amide bonds. The standard InChI is InChI=1S/C63H112O6/c1-4-7-10-13-16-19-22-25-27-29-30-31-32-34-35-38-41-44-47-50-53-56-62(65)68-59-60(58-67-61(64)55-52-49-46-43-40-37-24-21-18-15-12-9-6-3)69-63(66)57-54-51-48-45-42-39-36-33-28-26-23-20-17-14-11-8-5-2/h9,12,17-18,20-21,26,28,37,40,60H,4-8,10-11,13-16,19,22-25,27,29-36,38-39,41-59H2,1-3H3/b12-9-,20-17-,21-18-,28-26-,40-37-. The summed E-state index contributed by atoms with van der Waals surface area (Å²) < 4.78 is 16.9. The maximum absolute atomic E-state index is 12.9. The van der Waals surface area contributed by atoms with E-state index in [1.54, 1.807) is 0 Å². The van der Waals surface area contributed by atoms with Crippen LogP contribution in [-0.2, 0) is 28.6 Å². The van der Waals surface area contributed by atoms with Crippen LogP contribution in [0.5, 0.6) is 0 Å². The molecule has 0 heterocycles. The second-order valence-corrected chi connectivity index (χ2v) is 19.9. The van der Waals surface area contributed by atoms with Gasteiger partial charge in [0.25, 0.3) is 0 Å². The van der Waals surface area contributed by atoms with Crippen molar-refractivity contribution >= 4 is 17.9 Å². The van der Waals surface area contributed by atoms with Gasteiger partial charge < -0.3 is 14.2 Å². The molecule has 0 rings (SSSR count). The summed E-state index contributed by atoms with van der Waals surface area (Å²) in [6.45, 7) is 6.50. The molecule has 1 atom stereocenters. The van der Waals surface area contributed by atoms with Crippen molar-refractivity contribution in [2.24, 2.45) is 0 Å². The van der Waals surface area contributed by atoms with Crippen LogP contribution in [0, 0.1) is 0 Å². The van der Waals surface area contributed by atoms with Crippen LogP contribution in [-0.4, -0.2) is 37.2 Å². The van der Waals surface area contributed by atoms with E-state index in [1.165, 1.54) is 167 Å². The van der Waals surface area contributed by atoms with E-state index in [4.69, 9.17) is 14.2 Å². The molecule has 0 bridgehead atoms. The lowest BCUT2D eigenvalue weighted by Crippen LogP contribution is -2.30. The fourth-order valence-electron chi connectivity index (χ4n) is 8.55. The predicted octanol–water partition coefficient (Wildman–Crippen LogP) is 20.0. The molecule has 6 heteroatoms. The van der Waals surface area contributed by atoms with Gasteiger partial charge in [-0.3, -0.25) is 14.4 Å². The topological polar surface area (TPSA) is 78.9 Å². The quantitative estimate of drug-likeness (QED) is 0.0262. The molecule has 1 unspecified atom stereocenters. The van der Waals surface area contributed by atoms with Crippen molar-refractivity contribution < 1.29 is 28.6 Å². The average molecular weight is 966 g/mol. The first-order chi connectivity index (χ1) is 34.0. The van der Waals surface area contributed by atoms with E-state index in [1.807, 2.05) is 0 Å². The molecule has 6 nitrogen and oxygen atoms in total. The highest BCUT2D eigenvalue weighted by Crippen LogP contribution is 2.17. The molecule has 0 aromatic rings. The van der Waals surface area contributed by atoms with E-state index >= 15 is 0 Å². The lowest BCUT2D eigenvalue weighted by molar-refractivity contribution is -0.167. The van der Waals surface area contributed by atoms with Crippen molar-refractivity contribution in [3.63, 3.8) is 0 Å². The minimum absolute atomic E-state index is 0.0843. The SMILES string of the molecule is CC/C=C\C/C=C\C/C=C\CCCCCC(=O)OCC(COC(=O)CCCCCCCCCCCCCCCCCCCCCCC)OC(=O)CCCCCCCCC/C=C\C/C=C\CCCCC. The van der Waals surface area contributed by atoms with E-state index in [2.05, 4.69) is 81.5 Å². The number of hydrogen-bond donors (Lipinski definition) is 0.